The Morgan fingerprint density at radius 2 is 1.64 bits per heavy atom. The zero-order chi connectivity index (χ0) is 23.5. The lowest BCUT2D eigenvalue weighted by Crippen LogP contribution is -2.42. The Balaban J connectivity index is 1.24. The number of carbonyl (C=O) groups excluding carboxylic acids is 2. The molecule has 0 radical (unpaired) electrons. The first kappa shape index (κ1) is 22.7. The number of alkyl carbamates (subject to hydrolysis) is 1. The van der Waals surface area contributed by atoms with Crippen LogP contribution in [0.2, 0.25) is 0 Å². The van der Waals surface area contributed by atoms with Crippen molar-refractivity contribution in [2.75, 3.05) is 13.2 Å². The van der Waals surface area contributed by atoms with Gasteiger partial charge in [-0.15, -0.1) is 0 Å². The van der Waals surface area contributed by atoms with Gasteiger partial charge in [-0.25, -0.2) is 13.6 Å². The van der Waals surface area contributed by atoms with Crippen LogP contribution in [0, 0.1) is 11.8 Å². The van der Waals surface area contributed by atoms with Gasteiger partial charge in [-0.05, 0) is 34.6 Å². The Labute approximate surface area is 189 Å². The zero-order valence-electron chi connectivity index (χ0n) is 17.7. The van der Waals surface area contributed by atoms with E-state index in [1.807, 2.05) is 48.5 Å². The third-order valence-corrected chi connectivity index (χ3v) is 6.14. The molecule has 2 aromatic carbocycles. The van der Waals surface area contributed by atoms with Crippen LogP contribution in [-0.4, -0.2) is 48.7 Å². The van der Waals surface area contributed by atoms with Gasteiger partial charge in [0.25, 0.3) is 6.43 Å². The molecule has 174 valence electrons. The molecule has 2 aliphatic rings. The number of ether oxygens (including phenoxy) is 1. The van der Waals surface area contributed by atoms with Crippen LogP contribution in [0.25, 0.3) is 11.1 Å². The molecule has 9 heteroatoms. The first-order valence-corrected chi connectivity index (χ1v) is 10.7. The standard InChI is InChI=1S/C24H24F2N2O5/c25-22(26)20(10-21(29)30)28-23(31)18-9-13(18)11-27-24(32)33-12-19-16-7-3-1-5-14(16)15-6-2-4-8-17(15)19/h1-8,13,18-20,22H,9-12H2,(H,27,32)(H,28,31)(H,29,30). The number of nitrogens with one attached hydrogen (secondary N) is 2. The average molecular weight is 458 g/mol. The maximum atomic E-state index is 12.9. The molecule has 0 saturated heterocycles. The van der Waals surface area contributed by atoms with Crippen molar-refractivity contribution in [3.8, 4) is 11.1 Å². The maximum absolute atomic E-state index is 12.9. The molecule has 3 atom stereocenters. The zero-order valence-corrected chi connectivity index (χ0v) is 17.7. The van der Waals surface area contributed by atoms with Crippen LogP contribution in [0.5, 0.6) is 0 Å². The molecule has 1 saturated carbocycles. The van der Waals surface area contributed by atoms with Gasteiger partial charge in [0.15, 0.2) is 0 Å². The van der Waals surface area contributed by atoms with E-state index < -0.39 is 42.8 Å². The van der Waals surface area contributed by atoms with Crippen molar-refractivity contribution in [2.24, 2.45) is 11.8 Å². The number of carboxylic acid groups (broad SMARTS) is 1. The van der Waals surface area contributed by atoms with Crippen LogP contribution in [0.3, 0.4) is 0 Å². The van der Waals surface area contributed by atoms with Crippen molar-refractivity contribution in [1.82, 2.24) is 10.6 Å². The molecule has 0 aromatic heterocycles. The van der Waals surface area contributed by atoms with E-state index in [1.54, 1.807) is 0 Å². The molecular weight excluding hydrogens is 434 g/mol. The summed E-state index contributed by atoms with van der Waals surface area (Å²) in [4.78, 5) is 35.0. The number of hydrogen-bond acceptors (Lipinski definition) is 4. The van der Waals surface area contributed by atoms with E-state index in [1.165, 1.54) is 0 Å². The molecule has 0 aliphatic heterocycles. The van der Waals surface area contributed by atoms with Crippen LogP contribution in [0.1, 0.15) is 29.9 Å². The monoisotopic (exact) mass is 458 g/mol. The Bertz CT molecular complexity index is 1020. The highest BCUT2D eigenvalue weighted by molar-refractivity contribution is 5.83. The Kier molecular flexibility index (Phi) is 6.57. The van der Waals surface area contributed by atoms with Crippen LogP contribution < -0.4 is 10.6 Å². The molecule has 4 rings (SSSR count). The molecule has 0 heterocycles. The molecule has 2 aliphatic carbocycles. The summed E-state index contributed by atoms with van der Waals surface area (Å²) in [6.07, 6.45) is -4.00. The van der Waals surface area contributed by atoms with Crippen molar-refractivity contribution >= 4 is 18.0 Å². The van der Waals surface area contributed by atoms with Crippen molar-refractivity contribution < 1.29 is 33.0 Å². The van der Waals surface area contributed by atoms with E-state index in [-0.39, 0.29) is 25.0 Å². The third kappa shape index (κ3) is 5.13. The third-order valence-electron chi connectivity index (χ3n) is 6.14. The van der Waals surface area contributed by atoms with Crippen molar-refractivity contribution in [1.29, 1.82) is 0 Å². The topological polar surface area (TPSA) is 105 Å². The summed E-state index contributed by atoms with van der Waals surface area (Å²) in [5.74, 6) is -2.84. The number of fused-ring (bicyclic) bond motifs is 3. The minimum absolute atomic E-state index is 0.0666. The molecule has 33 heavy (non-hydrogen) atoms. The molecule has 0 spiro atoms. The second kappa shape index (κ2) is 9.56. The van der Waals surface area contributed by atoms with Crippen molar-refractivity contribution in [3.05, 3.63) is 59.7 Å². The van der Waals surface area contributed by atoms with Gasteiger partial charge in [-0.1, -0.05) is 48.5 Å². The van der Waals surface area contributed by atoms with Gasteiger partial charge in [0.1, 0.15) is 12.6 Å². The summed E-state index contributed by atoms with van der Waals surface area (Å²) in [6, 6.07) is 14.2. The molecule has 1 fully saturated rings. The molecule has 7 nitrogen and oxygen atoms in total. The number of alkyl halides is 2. The first-order chi connectivity index (χ1) is 15.8. The first-order valence-electron chi connectivity index (χ1n) is 10.7. The summed E-state index contributed by atoms with van der Waals surface area (Å²) in [5.41, 5.74) is 4.44. The van der Waals surface area contributed by atoms with Crippen molar-refractivity contribution in [2.45, 2.75) is 31.2 Å². The number of carbonyl (C=O) groups is 3. The smallest absolute Gasteiger partial charge is 0.407 e. The van der Waals surface area contributed by atoms with Crippen LogP contribution >= 0.6 is 0 Å². The van der Waals surface area contributed by atoms with E-state index in [2.05, 4.69) is 10.6 Å². The average Bonchev–Trinajstić information content (AvgIpc) is 3.51. The predicted molar refractivity (Wildman–Crippen MR) is 115 cm³/mol. The number of carboxylic acids is 1. The van der Waals surface area contributed by atoms with Crippen molar-refractivity contribution in [3.63, 3.8) is 0 Å². The number of aliphatic carboxylic acids is 1. The number of benzene rings is 2. The summed E-state index contributed by atoms with van der Waals surface area (Å²) in [7, 11) is 0. The van der Waals surface area contributed by atoms with E-state index >= 15 is 0 Å². The minimum atomic E-state index is -2.97. The minimum Gasteiger partial charge on any atom is -0.481 e. The number of rotatable bonds is 9. The molecule has 3 N–H and O–H groups in total. The van der Waals surface area contributed by atoms with Gasteiger partial charge in [-0.2, -0.15) is 0 Å². The van der Waals surface area contributed by atoms with E-state index in [9.17, 15) is 23.2 Å². The number of halogens is 2. The quantitative estimate of drug-likeness (QED) is 0.534. The SMILES string of the molecule is O=C(O)CC(NC(=O)C1CC1CNC(=O)OCC1c2ccccc2-c2ccccc21)C(F)F. The van der Waals surface area contributed by atoms with E-state index in [0.29, 0.717) is 6.42 Å². The molecule has 3 unspecified atom stereocenters. The molecule has 2 amide bonds. The molecule has 2 aromatic rings. The lowest BCUT2D eigenvalue weighted by Gasteiger charge is -2.16. The van der Waals surface area contributed by atoms with Gasteiger partial charge in [0.05, 0.1) is 6.42 Å². The van der Waals surface area contributed by atoms with Crippen LogP contribution in [0.15, 0.2) is 48.5 Å². The van der Waals surface area contributed by atoms with Gasteiger partial charge in [0, 0.05) is 18.4 Å². The highest BCUT2D eigenvalue weighted by atomic mass is 19.3. The summed E-state index contributed by atoms with van der Waals surface area (Å²) in [6.45, 7) is 0.340. The lowest BCUT2D eigenvalue weighted by molar-refractivity contribution is -0.139. The lowest BCUT2D eigenvalue weighted by atomic mass is 9.98. The van der Waals surface area contributed by atoms with Gasteiger partial charge in [0.2, 0.25) is 5.91 Å². The Hall–Kier alpha value is -3.49. The van der Waals surface area contributed by atoms with Gasteiger partial charge >= 0.3 is 12.1 Å². The summed E-state index contributed by atoms with van der Waals surface area (Å²) in [5, 5.41) is 13.4. The fraction of sp³-hybridized carbons (Fsp3) is 0.375. The Morgan fingerprint density at radius 3 is 2.21 bits per heavy atom. The normalized spacial score (nSPS) is 19.4. The fourth-order valence-corrected chi connectivity index (χ4v) is 4.34. The van der Waals surface area contributed by atoms with Gasteiger partial charge < -0.3 is 20.5 Å². The van der Waals surface area contributed by atoms with Crippen LogP contribution in [-0.2, 0) is 14.3 Å². The fourth-order valence-electron chi connectivity index (χ4n) is 4.34. The highest BCUT2D eigenvalue weighted by Gasteiger charge is 2.44. The number of hydrogen-bond donors (Lipinski definition) is 3. The predicted octanol–water partition coefficient (Wildman–Crippen LogP) is 3.39. The van der Waals surface area contributed by atoms with Crippen LogP contribution in [0.4, 0.5) is 13.6 Å². The summed E-state index contributed by atoms with van der Waals surface area (Å²) >= 11 is 0. The van der Waals surface area contributed by atoms with Gasteiger partial charge in [-0.3, -0.25) is 9.59 Å². The summed E-state index contributed by atoms with van der Waals surface area (Å²) < 4.78 is 31.2. The molecular formula is C24H24F2N2O5. The number of amides is 2. The van der Waals surface area contributed by atoms with E-state index in [0.717, 1.165) is 22.3 Å². The second-order valence-corrected chi connectivity index (χ2v) is 8.36. The second-order valence-electron chi connectivity index (χ2n) is 8.36. The Morgan fingerprint density at radius 1 is 1.03 bits per heavy atom. The highest BCUT2D eigenvalue weighted by Crippen LogP contribution is 2.44. The van der Waals surface area contributed by atoms with E-state index in [4.69, 9.17) is 9.84 Å². The molecule has 0 bridgehead atoms. The maximum Gasteiger partial charge on any atom is 0.407 e. The largest absolute Gasteiger partial charge is 0.481 e.